The molecule has 0 radical (unpaired) electrons. The summed E-state index contributed by atoms with van der Waals surface area (Å²) in [5.41, 5.74) is 3.91. The zero-order valence-corrected chi connectivity index (χ0v) is 9.17. The first-order valence-electron chi connectivity index (χ1n) is 5.26. The first-order valence-corrected chi connectivity index (χ1v) is 5.26. The molecule has 76 valence electrons. The SMILES string of the molecule is Cc1ccc2c(c1)NCCC(C)N2C. The fourth-order valence-electron chi connectivity index (χ4n) is 1.95. The van der Waals surface area contributed by atoms with Crippen LogP contribution >= 0.6 is 0 Å². The van der Waals surface area contributed by atoms with E-state index in [1.165, 1.54) is 23.4 Å². The highest BCUT2D eigenvalue weighted by Gasteiger charge is 2.16. The number of hydrogen-bond acceptors (Lipinski definition) is 2. The number of aryl methyl sites for hydroxylation is 1. The number of fused-ring (bicyclic) bond motifs is 1. The number of benzene rings is 1. The minimum absolute atomic E-state index is 0.617. The molecule has 0 fully saturated rings. The van der Waals surface area contributed by atoms with E-state index < -0.39 is 0 Å². The normalized spacial score (nSPS) is 21.1. The van der Waals surface area contributed by atoms with E-state index in [9.17, 15) is 0 Å². The maximum absolute atomic E-state index is 3.49. The van der Waals surface area contributed by atoms with Crippen molar-refractivity contribution in [3.8, 4) is 0 Å². The van der Waals surface area contributed by atoms with Crippen molar-refractivity contribution in [2.45, 2.75) is 26.3 Å². The van der Waals surface area contributed by atoms with Gasteiger partial charge in [0.05, 0.1) is 11.4 Å². The minimum Gasteiger partial charge on any atom is -0.383 e. The molecule has 14 heavy (non-hydrogen) atoms. The highest BCUT2D eigenvalue weighted by Crippen LogP contribution is 2.30. The third kappa shape index (κ3) is 1.57. The lowest BCUT2D eigenvalue weighted by Crippen LogP contribution is -2.28. The van der Waals surface area contributed by atoms with Gasteiger partial charge in [0, 0.05) is 19.6 Å². The van der Waals surface area contributed by atoms with E-state index in [4.69, 9.17) is 0 Å². The molecular weight excluding hydrogens is 172 g/mol. The van der Waals surface area contributed by atoms with Gasteiger partial charge in [-0.05, 0) is 38.0 Å². The average molecular weight is 190 g/mol. The van der Waals surface area contributed by atoms with Gasteiger partial charge < -0.3 is 10.2 Å². The highest BCUT2D eigenvalue weighted by molar-refractivity contribution is 5.71. The molecule has 1 aliphatic heterocycles. The van der Waals surface area contributed by atoms with Crippen LogP contribution in [-0.2, 0) is 0 Å². The highest BCUT2D eigenvalue weighted by atomic mass is 15.2. The van der Waals surface area contributed by atoms with Crippen molar-refractivity contribution in [3.05, 3.63) is 23.8 Å². The zero-order chi connectivity index (χ0) is 10.1. The Kier molecular flexibility index (Phi) is 2.36. The molecule has 1 atom stereocenters. The van der Waals surface area contributed by atoms with Crippen LogP contribution in [0.5, 0.6) is 0 Å². The molecule has 2 rings (SSSR count). The van der Waals surface area contributed by atoms with Crippen LogP contribution in [0.1, 0.15) is 18.9 Å². The second-order valence-corrected chi connectivity index (χ2v) is 4.20. The lowest BCUT2D eigenvalue weighted by Gasteiger charge is -2.25. The van der Waals surface area contributed by atoms with E-state index in [-0.39, 0.29) is 0 Å². The quantitative estimate of drug-likeness (QED) is 0.676. The molecule has 1 unspecified atom stereocenters. The van der Waals surface area contributed by atoms with E-state index in [2.05, 4.69) is 49.3 Å². The second-order valence-electron chi connectivity index (χ2n) is 4.20. The van der Waals surface area contributed by atoms with Crippen LogP contribution in [-0.4, -0.2) is 19.6 Å². The van der Waals surface area contributed by atoms with Crippen LogP contribution in [0.2, 0.25) is 0 Å². The van der Waals surface area contributed by atoms with Gasteiger partial charge in [-0.25, -0.2) is 0 Å². The van der Waals surface area contributed by atoms with Gasteiger partial charge in [-0.15, -0.1) is 0 Å². The Bertz CT molecular complexity index is 333. The number of hydrogen-bond donors (Lipinski definition) is 1. The van der Waals surface area contributed by atoms with Gasteiger partial charge >= 0.3 is 0 Å². The summed E-state index contributed by atoms with van der Waals surface area (Å²) in [4.78, 5) is 2.36. The summed E-state index contributed by atoms with van der Waals surface area (Å²) in [5, 5.41) is 3.49. The fourth-order valence-corrected chi connectivity index (χ4v) is 1.95. The van der Waals surface area contributed by atoms with Crippen LogP contribution < -0.4 is 10.2 Å². The Balaban J connectivity index is 2.43. The molecule has 0 bridgehead atoms. The van der Waals surface area contributed by atoms with Crippen molar-refractivity contribution in [1.82, 2.24) is 0 Å². The third-order valence-corrected chi connectivity index (χ3v) is 3.07. The number of rotatable bonds is 0. The maximum Gasteiger partial charge on any atom is 0.0602 e. The third-order valence-electron chi connectivity index (χ3n) is 3.07. The molecule has 1 N–H and O–H groups in total. The summed E-state index contributed by atoms with van der Waals surface area (Å²) in [6.45, 7) is 5.48. The zero-order valence-electron chi connectivity index (χ0n) is 9.17. The molecule has 0 aliphatic carbocycles. The molecule has 1 heterocycles. The second kappa shape index (κ2) is 3.52. The summed E-state index contributed by atoms with van der Waals surface area (Å²) in [6, 6.07) is 7.23. The Labute approximate surface area is 85.9 Å². The van der Waals surface area contributed by atoms with E-state index in [1.54, 1.807) is 0 Å². The summed E-state index contributed by atoms with van der Waals surface area (Å²) in [6.07, 6.45) is 1.20. The Morgan fingerprint density at radius 1 is 1.43 bits per heavy atom. The van der Waals surface area contributed by atoms with Crippen molar-refractivity contribution < 1.29 is 0 Å². The minimum atomic E-state index is 0.617. The molecule has 0 spiro atoms. The van der Waals surface area contributed by atoms with Crippen LogP contribution in [0.3, 0.4) is 0 Å². The van der Waals surface area contributed by atoms with Gasteiger partial charge in [0.1, 0.15) is 0 Å². The molecule has 1 aromatic carbocycles. The standard InChI is InChI=1S/C12H18N2/c1-9-4-5-12-11(8-9)13-7-6-10(2)14(12)3/h4-5,8,10,13H,6-7H2,1-3H3. The number of anilines is 2. The van der Waals surface area contributed by atoms with Gasteiger partial charge in [-0.3, -0.25) is 0 Å². The van der Waals surface area contributed by atoms with Crippen LogP contribution in [0.15, 0.2) is 18.2 Å². The van der Waals surface area contributed by atoms with Crippen molar-refractivity contribution in [2.24, 2.45) is 0 Å². The van der Waals surface area contributed by atoms with Gasteiger partial charge in [-0.2, -0.15) is 0 Å². The Morgan fingerprint density at radius 2 is 2.21 bits per heavy atom. The molecule has 0 amide bonds. The summed E-state index contributed by atoms with van der Waals surface area (Å²) >= 11 is 0. The number of nitrogens with one attached hydrogen (secondary N) is 1. The largest absolute Gasteiger partial charge is 0.383 e. The maximum atomic E-state index is 3.49. The van der Waals surface area contributed by atoms with Crippen LogP contribution in [0.25, 0.3) is 0 Å². The molecule has 1 aromatic rings. The van der Waals surface area contributed by atoms with Crippen molar-refractivity contribution in [3.63, 3.8) is 0 Å². The molecule has 1 aliphatic rings. The van der Waals surface area contributed by atoms with Gasteiger partial charge in [-0.1, -0.05) is 6.07 Å². The lowest BCUT2D eigenvalue weighted by atomic mass is 10.1. The number of nitrogens with zero attached hydrogens (tertiary/aromatic N) is 1. The summed E-state index contributed by atoms with van der Waals surface area (Å²) in [7, 11) is 2.17. The molecule has 0 saturated heterocycles. The molecular formula is C12H18N2. The van der Waals surface area contributed by atoms with Gasteiger partial charge in [0.2, 0.25) is 0 Å². The summed E-state index contributed by atoms with van der Waals surface area (Å²) in [5.74, 6) is 0. The Morgan fingerprint density at radius 3 is 3.00 bits per heavy atom. The van der Waals surface area contributed by atoms with Gasteiger partial charge in [0.15, 0.2) is 0 Å². The monoisotopic (exact) mass is 190 g/mol. The first kappa shape index (κ1) is 9.38. The first-order chi connectivity index (χ1) is 6.68. The van der Waals surface area contributed by atoms with Gasteiger partial charge in [0.25, 0.3) is 0 Å². The lowest BCUT2D eigenvalue weighted by molar-refractivity contribution is 0.657. The molecule has 0 saturated carbocycles. The summed E-state index contributed by atoms with van der Waals surface area (Å²) < 4.78 is 0. The van der Waals surface area contributed by atoms with Crippen LogP contribution in [0, 0.1) is 6.92 Å². The van der Waals surface area contributed by atoms with E-state index in [1.807, 2.05) is 0 Å². The van der Waals surface area contributed by atoms with Crippen molar-refractivity contribution in [1.29, 1.82) is 0 Å². The average Bonchev–Trinajstić information content (AvgIpc) is 2.28. The van der Waals surface area contributed by atoms with E-state index in [0.29, 0.717) is 6.04 Å². The van der Waals surface area contributed by atoms with Crippen LogP contribution in [0.4, 0.5) is 11.4 Å². The van der Waals surface area contributed by atoms with E-state index in [0.717, 1.165) is 6.54 Å². The predicted molar refractivity (Wildman–Crippen MR) is 62.2 cm³/mol. The molecule has 2 heteroatoms. The topological polar surface area (TPSA) is 15.3 Å². The molecule has 0 aromatic heterocycles. The predicted octanol–water partition coefficient (Wildman–Crippen LogP) is 2.64. The molecule has 2 nitrogen and oxygen atoms in total. The Hall–Kier alpha value is -1.18. The van der Waals surface area contributed by atoms with Crippen molar-refractivity contribution >= 4 is 11.4 Å². The van der Waals surface area contributed by atoms with Crippen molar-refractivity contribution in [2.75, 3.05) is 23.8 Å². The smallest absolute Gasteiger partial charge is 0.0602 e. The fraction of sp³-hybridized carbons (Fsp3) is 0.500. The van der Waals surface area contributed by atoms with E-state index >= 15 is 0 Å².